The highest BCUT2D eigenvalue weighted by molar-refractivity contribution is 7.80. The van der Waals surface area contributed by atoms with Crippen LogP contribution in [-0.4, -0.2) is 30.6 Å². The fourth-order valence-electron chi connectivity index (χ4n) is 2.94. The number of carbonyl (C=O) groups is 2. The van der Waals surface area contributed by atoms with Crippen molar-refractivity contribution in [1.29, 1.82) is 5.26 Å². The Morgan fingerprint density at radius 2 is 1.90 bits per heavy atom. The molecule has 152 valence electrons. The Morgan fingerprint density at radius 1 is 1.17 bits per heavy atom. The highest BCUT2D eigenvalue weighted by Crippen LogP contribution is 2.30. The molecule has 0 bridgehead atoms. The van der Waals surface area contributed by atoms with Crippen LogP contribution in [0.25, 0.3) is 6.08 Å². The van der Waals surface area contributed by atoms with E-state index in [4.69, 9.17) is 27.0 Å². The van der Waals surface area contributed by atoms with Crippen molar-refractivity contribution in [1.82, 2.24) is 5.32 Å². The zero-order chi connectivity index (χ0) is 21.7. The Kier molecular flexibility index (Phi) is 6.45. The lowest BCUT2D eigenvalue weighted by molar-refractivity contribution is -0.122. The molecular formula is C22H19N3O4S. The zero-order valence-electron chi connectivity index (χ0n) is 16.5. The van der Waals surface area contributed by atoms with E-state index in [-0.39, 0.29) is 17.3 Å². The molecule has 1 heterocycles. The predicted molar refractivity (Wildman–Crippen MR) is 116 cm³/mol. The molecule has 0 radical (unpaired) electrons. The van der Waals surface area contributed by atoms with E-state index in [1.54, 1.807) is 30.3 Å². The Bertz CT molecular complexity index is 1070. The van der Waals surface area contributed by atoms with Crippen molar-refractivity contribution in [2.24, 2.45) is 0 Å². The lowest BCUT2D eigenvalue weighted by atomic mass is 10.1. The molecule has 0 spiro atoms. The third-order valence-corrected chi connectivity index (χ3v) is 4.78. The van der Waals surface area contributed by atoms with Gasteiger partial charge in [0.05, 0.1) is 12.8 Å². The topological polar surface area (TPSA) is 91.7 Å². The number of hydrogen-bond donors (Lipinski definition) is 1. The molecule has 2 aromatic rings. The van der Waals surface area contributed by atoms with Crippen LogP contribution in [-0.2, 0) is 16.0 Å². The van der Waals surface area contributed by atoms with Gasteiger partial charge in [0.15, 0.2) is 23.2 Å². The molecule has 8 heteroatoms. The second-order valence-electron chi connectivity index (χ2n) is 6.33. The van der Waals surface area contributed by atoms with Crippen LogP contribution in [0.2, 0.25) is 0 Å². The minimum atomic E-state index is -0.574. The number of anilines is 1. The predicted octanol–water partition coefficient (Wildman–Crippen LogP) is 2.99. The van der Waals surface area contributed by atoms with Crippen molar-refractivity contribution in [3.8, 4) is 17.6 Å². The first-order valence-corrected chi connectivity index (χ1v) is 9.57. The van der Waals surface area contributed by atoms with Gasteiger partial charge in [-0.1, -0.05) is 25.1 Å². The molecule has 7 nitrogen and oxygen atoms in total. The van der Waals surface area contributed by atoms with Crippen LogP contribution in [0.15, 0.2) is 48.0 Å². The van der Waals surface area contributed by atoms with Gasteiger partial charge in [-0.25, -0.2) is 0 Å². The highest BCUT2D eigenvalue weighted by Gasteiger charge is 2.34. The average molecular weight is 421 g/mol. The lowest BCUT2D eigenvalue weighted by Gasteiger charge is -2.29. The number of amides is 2. The van der Waals surface area contributed by atoms with Crippen molar-refractivity contribution in [2.45, 2.75) is 13.3 Å². The van der Waals surface area contributed by atoms with Crippen molar-refractivity contribution in [2.75, 3.05) is 18.6 Å². The molecule has 1 fully saturated rings. The number of ether oxygens (including phenoxy) is 2. The second-order valence-corrected chi connectivity index (χ2v) is 6.72. The molecule has 0 unspecified atom stereocenters. The summed E-state index contributed by atoms with van der Waals surface area (Å²) < 4.78 is 10.6. The second kappa shape index (κ2) is 9.20. The van der Waals surface area contributed by atoms with Gasteiger partial charge < -0.3 is 9.47 Å². The quantitative estimate of drug-likeness (QED) is 0.438. The molecule has 0 aromatic heterocycles. The number of aryl methyl sites for hydroxylation is 1. The SMILES string of the molecule is CCc1ccc(N2C(=O)C(=Cc3ccc(OCC#N)c(OC)c3)C(=O)NC2=S)cc1. The summed E-state index contributed by atoms with van der Waals surface area (Å²) in [5.41, 5.74) is 2.20. The molecule has 3 rings (SSSR count). The van der Waals surface area contributed by atoms with Crippen LogP contribution in [0.5, 0.6) is 11.5 Å². The van der Waals surface area contributed by atoms with Crippen LogP contribution in [0, 0.1) is 11.3 Å². The van der Waals surface area contributed by atoms with E-state index >= 15 is 0 Å². The van der Waals surface area contributed by atoms with Crippen LogP contribution in [0.1, 0.15) is 18.1 Å². The average Bonchev–Trinajstić information content (AvgIpc) is 2.75. The number of carbonyl (C=O) groups excluding carboxylic acids is 2. The molecular weight excluding hydrogens is 402 g/mol. The van der Waals surface area contributed by atoms with Gasteiger partial charge in [0.1, 0.15) is 11.6 Å². The summed E-state index contributed by atoms with van der Waals surface area (Å²) >= 11 is 5.22. The van der Waals surface area contributed by atoms with E-state index in [0.29, 0.717) is 22.7 Å². The maximum Gasteiger partial charge on any atom is 0.270 e. The summed E-state index contributed by atoms with van der Waals surface area (Å²) in [6, 6.07) is 14.2. The van der Waals surface area contributed by atoms with E-state index in [1.807, 2.05) is 25.1 Å². The zero-order valence-corrected chi connectivity index (χ0v) is 17.3. The van der Waals surface area contributed by atoms with Crippen molar-refractivity contribution in [3.63, 3.8) is 0 Å². The maximum atomic E-state index is 13.1. The summed E-state index contributed by atoms with van der Waals surface area (Å²) in [7, 11) is 1.46. The number of hydrogen-bond acceptors (Lipinski definition) is 6. The molecule has 0 atom stereocenters. The van der Waals surface area contributed by atoms with Crippen LogP contribution >= 0.6 is 12.2 Å². The monoisotopic (exact) mass is 421 g/mol. The molecule has 0 aliphatic carbocycles. The van der Waals surface area contributed by atoms with Gasteiger partial charge in [-0.05, 0) is 60.1 Å². The van der Waals surface area contributed by atoms with Gasteiger partial charge in [0.2, 0.25) is 0 Å². The molecule has 1 saturated heterocycles. The number of methoxy groups -OCH3 is 1. The smallest absolute Gasteiger partial charge is 0.270 e. The normalized spacial score (nSPS) is 15.0. The van der Waals surface area contributed by atoms with E-state index in [2.05, 4.69) is 5.32 Å². The number of nitriles is 1. The molecule has 1 N–H and O–H groups in total. The first-order chi connectivity index (χ1) is 14.5. The van der Waals surface area contributed by atoms with Crippen molar-refractivity contribution in [3.05, 3.63) is 59.2 Å². The van der Waals surface area contributed by atoms with Crippen LogP contribution in [0.3, 0.4) is 0 Å². The van der Waals surface area contributed by atoms with Crippen LogP contribution < -0.4 is 19.7 Å². The molecule has 1 aliphatic rings. The van der Waals surface area contributed by atoms with Gasteiger partial charge >= 0.3 is 0 Å². The largest absolute Gasteiger partial charge is 0.493 e. The molecule has 30 heavy (non-hydrogen) atoms. The van der Waals surface area contributed by atoms with Gasteiger partial charge in [0, 0.05) is 0 Å². The number of nitrogens with one attached hydrogen (secondary N) is 1. The third-order valence-electron chi connectivity index (χ3n) is 4.50. The van der Waals surface area contributed by atoms with Crippen molar-refractivity contribution < 1.29 is 19.1 Å². The van der Waals surface area contributed by atoms with E-state index in [1.165, 1.54) is 18.1 Å². The van der Waals surface area contributed by atoms with E-state index in [9.17, 15) is 9.59 Å². The Labute approximate surface area is 179 Å². The Hall–Kier alpha value is -3.70. The molecule has 1 aliphatic heterocycles. The lowest BCUT2D eigenvalue weighted by Crippen LogP contribution is -2.54. The fraction of sp³-hybridized carbons (Fsp3) is 0.182. The third kappa shape index (κ3) is 4.31. The first-order valence-electron chi connectivity index (χ1n) is 9.16. The number of benzene rings is 2. The number of thiocarbonyl (C=S) groups is 1. The number of rotatable bonds is 6. The summed E-state index contributed by atoms with van der Waals surface area (Å²) in [6.07, 6.45) is 2.33. The molecule has 0 saturated carbocycles. The summed E-state index contributed by atoms with van der Waals surface area (Å²) in [6.45, 7) is 1.92. The van der Waals surface area contributed by atoms with Crippen molar-refractivity contribution >= 4 is 40.9 Å². The summed E-state index contributed by atoms with van der Waals surface area (Å²) in [4.78, 5) is 26.8. The summed E-state index contributed by atoms with van der Waals surface area (Å²) in [5.74, 6) is -0.322. The van der Waals surface area contributed by atoms with E-state index < -0.39 is 11.8 Å². The van der Waals surface area contributed by atoms with Gasteiger partial charge in [-0.2, -0.15) is 5.26 Å². The first kappa shape index (κ1) is 21.0. The highest BCUT2D eigenvalue weighted by atomic mass is 32.1. The Morgan fingerprint density at radius 3 is 2.53 bits per heavy atom. The standard InChI is InChI=1S/C22H19N3O4S/c1-3-14-4-7-16(8-5-14)25-21(27)17(20(26)24-22(25)30)12-15-6-9-18(29-11-10-23)19(13-15)28-2/h4-9,12-13H,3,11H2,1-2H3,(H,24,26,30). The summed E-state index contributed by atoms with van der Waals surface area (Å²) in [5, 5.41) is 11.3. The Balaban J connectivity index is 1.95. The van der Waals surface area contributed by atoms with Gasteiger partial charge in [-0.15, -0.1) is 0 Å². The van der Waals surface area contributed by atoms with Gasteiger partial charge in [-0.3, -0.25) is 19.8 Å². The van der Waals surface area contributed by atoms with E-state index in [0.717, 1.165) is 12.0 Å². The fourth-order valence-corrected chi connectivity index (χ4v) is 3.22. The number of nitrogens with zero attached hydrogens (tertiary/aromatic N) is 2. The minimum absolute atomic E-state index is 0.0317. The van der Waals surface area contributed by atoms with Crippen LogP contribution in [0.4, 0.5) is 5.69 Å². The minimum Gasteiger partial charge on any atom is -0.493 e. The molecule has 2 amide bonds. The van der Waals surface area contributed by atoms with Gasteiger partial charge in [0.25, 0.3) is 11.8 Å². The molecule has 2 aromatic carbocycles. The maximum absolute atomic E-state index is 13.1.